The van der Waals surface area contributed by atoms with Crippen LogP contribution in [-0.2, 0) is 14.3 Å². The molecule has 2 heterocycles. The van der Waals surface area contributed by atoms with E-state index in [4.69, 9.17) is 14.6 Å². The van der Waals surface area contributed by atoms with E-state index in [2.05, 4.69) is 4.90 Å². The summed E-state index contributed by atoms with van der Waals surface area (Å²) in [5, 5.41) is 8.88. The summed E-state index contributed by atoms with van der Waals surface area (Å²) >= 11 is 0. The number of piperidine rings is 1. The SMILES string of the molecule is CCOC1CCN(CC2CCC(C(=O)O)O2)CC1. The second kappa shape index (κ2) is 6.50. The molecule has 0 saturated carbocycles. The molecule has 2 fully saturated rings. The van der Waals surface area contributed by atoms with Crippen molar-refractivity contribution in [3.8, 4) is 0 Å². The second-order valence-corrected chi connectivity index (χ2v) is 5.12. The number of likely N-dealkylation sites (tertiary alicyclic amines) is 1. The van der Waals surface area contributed by atoms with Gasteiger partial charge in [-0.05, 0) is 32.6 Å². The maximum absolute atomic E-state index is 10.8. The van der Waals surface area contributed by atoms with E-state index < -0.39 is 12.1 Å². The Balaban J connectivity index is 1.68. The third-order valence-electron chi connectivity index (χ3n) is 3.78. The molecule has 2 aliphatic heterocycles. The lowest BCUT2D eigenvalue weighted by Crippen LogP contribution is -2.41. The molecule has 2 saturated heterocycles. The standard InChI is InChI=1S/C13H23NO4/c1-2-17-10-5-7-14(8-6-10)9-11-3-4-12(18-11)13(15)16/h10-12H,2-9H2,1H3,(H,15,16). The van der Waals surface area contributed by atoms with Crippen molar-refractivity contribution in [3.05, 3.63) is 0 Å². The number of carboxylic acid groups (broad SMARTS) is 1. The van der Waals surface area contributed by atoms with Gasteiger partial charge in [-0.15, -0.1) is 0 Å². The monoisotopic (exact) mass is 257 g/mol. The fourth-order valence-electron chi connectivity index (χ4n) is 2.80. The molecule has 2 atom stereocenters. The minimum Gasteiger partial charge on any atom is -0.479 e. The Kier molecular flexibility index (Phi) is 4.97. The van der Waals surface area contributed by atoms with Crippen LogP contribution in [0.3, 0.4) is 0 Å². The summed E-state index contributed by atoms with van der Waals surface area (Å²) in [6.07, 6.45) is 3.57. The van der Waals surface area contributed by atoms with Gasteiger partial charge in [-0.25, -0.2) is 4.79 Å². The summed E-state index contributed by atoms with van der Waals surface area (Å²) in [5.74, 6) is -0.826. The molecule has 0 aromatic heterocycles. The van der Waals surface area contributed by atoms with Gasteiger partial charge in [-0.2, -0.15) is 0 Å². The summed E-state index contributed by atoms with van der Waals surface area (Å²) in [5.41, 5.74) is 0. The van der Waals surface area contributed by atoms with Crippen LogP contribution in [0, 0.1) is 0 Å². The molecule has 2 unspecified atom stereocenters. The first kappa shape index (κ1) is 13.8. The minimum atomic E-state index is -0.826. The molecular formula is C13H23NO4. The van der Waals surface area contributed by atoms with Gasteiger partial charge >= 0.3 is 5.97 Å². The Labute approximate surface area is 108 Å². The molecule has 18 heavy (non-hydrogen) atoms. The van der Waals surface area contributed by atoms with E-state index in [0.717, 1.165) is 45.5 Å². The van der Waals surface area contributed by atoms with Crippen LogP contribution < -0.4 is 0 Å². The number of ether oxygens (including phenoxy) is 2. The Morgan fingerprint density at radius 3 is 2.61 bits per heavy atom. The maximum atomic E-state index is 10.8. The molecule has 104 valence electrons. The fraction of sp³-hybridized carbons (Fsp3) is 0.923. The van der Waals surface area contributed by atoms with Gasteiger partial charge in [0.05, 0.1) is 12.2 Å². The molecule has 2 aliphatic rings. The quantitative estimate of drug-likeness (QED) is 0.799. The van der Waals surface area contributed by atoms with Crippen LogP contribution in [-0.4, -0.2) is 60.5 Å². The van der Waals surface area contributed by atoms with Crippen LogP contribution >= 0.6 is 0 Å². The predicted molar refractivity (Wildman–Crippen MR) is 66.6 cm³/mol. The Morgan fingerprint density at radius 1 is 1.33 bits per heavy atom. The maximum Gasteiger partial charge on any atom is 0.332 e. The van der Waals surface area contributed by atoms with Crippen LogP contribution in [0.5, 0.6) is 0 Å². The lowest BCUT2D eigenvalue weighted by Gasteiger charge is -2.33. The van der Waals surface area contributed by atoms with Crippen molar-refractivity contribution in [2.75, 3.05) is 26.2 Å². The van der Waals surface area contributed by atoms with Crippen LogP contribution in [0.1, 0.15) is 32.6 Å². The van der Waals surface area contributed by atoms with Crippen molar-refractivity contribution < 1.29 is 19.4 Å². The lowest BCUT2D eigenvalue weighted by molar-refractivity contribution is -0.149. The van der Waals surface area contributed by atoms with E-state index in [1.165, 1.54) is 0 Å². The number of aliphatic carboxylic acids is 1. The molecule has 0 amide bonds. The number of rotatable bonds is 5. The van der Waals surface area contributed by atoms with Crippen molar-refractivity contribution in [2.45, 2.75) is 50.9 Å². The minimum absolute atomic E-state index is 0.0924. The van der Waals surface area contributed by atoms with Gasteiger partial charge in [0, 0.05) is 26.2 Å². The number of nitrogens with zero attached hydrogens (tertiary/aromatic N) is 1. The van der Waals surface area contributed by atoms with E-state index in [1.807, 2.05) is 6.92 Å². The third kappa shape index (κ3) is 3.67. The normalized spacial score (nSPS) is 30.7. The highest BCUT2D eigenvalue weighted by atomic mass is 16.5. The average molecular weight is 257 g/mol. The Morgan fingerprint density at radius 2 is 2.06 bits per heavy atom. The largest absolute Gasteiger partial charge is 0.479 e. The molecular weight excluding hydrogens is 234 g/mol. The summed E-state index contributed by atoms with van der Waals surface area (Å²) in [4.78, 5) is 13.2. The van der Waals surface area contributed by atoms with Crippen LogP contribution in [0.25, 0.3) is 0 Å². The molecule has 0 aliphatic carbocycles. The van der Waals surface area contributed by atoms with Gasteiger partial charge in [0.2, 0.25) is 0 Å². The Bertz CT molecular complexity index is 276. The van der Waals surface area contributed by atoms with E-state index >= 15 is 0 Å². The molecule has 1 N–H and O–H groups in total. The van der Waals surface area contributed by atoms with Crippen molar-refractivity contribution >= 4 is 5.97 Å². The number of carboxylic acids is 1. The van der Waals surface area contributed by atoms with Crippen LogP contribution in [0.4, 0.5) is 0 Å². The van der Waals surface area contributed by atoms with Gasteiger partial charge < -0.3 is 19.5 Å². The summed E-state index contributed by atoms with van der Waals surface area (Å²) in [6.45, 7) is 5.74. The van der Waals surface area contributed by atoms with Crippen LogP contribution in [0.2, 0.25) is 0 Å². The van der Waals surface area contributed by atoms with Gasteiger partial charge in [-0.1, -0.05) is 0 Å². The van der Waals surface area contributed by atoms with E-state index in [-0.39, 0.29) is 6.10 Å². The summed E-state index contributed by atoms with van der Waals surface area (Å²) in [7, 11) is 0. The lowest BCUT2D eigenvalue weighted by atomic mass is 10.1. The van der Waals surface area contributed by atoms with E-state index in [0.29, 0.717) is 12.5 Å². The molecule has 0 aromatic carbocycles. The molecule has 0 bridgehead atoms. The highest BCUT2D eigenvalue weighted by molar-refractivity contribution is 5.72. The molecule has 5 heteroatoms. The van der Waals surface area contributed by atoms with Crippen LogP contribution in [0.15, 0.2) is 0 Å². The van der Waals surface area contributed by atoms with E-state index in [9.17, 15) is 4.79 Å². The fourth-order valence-corrected chi connectivity index (χ4v) is 2.80. The van der Waals surface area contributed by atoms with Gasteiger partial charge in [0.1, 0.15) is 0 Å². The smallest absolute Gasteiger partial charge is 0.332 e. The summed E-state index contributed by atoms with van der Waals surface area (Å²) in [6, 6.07) is 0. The van der Waals surface area contributed by atoms with Crippen molar-refractivity contribution in [3.63, 3.8) is 0 Å². The van der Waals surface area contributed by atoms with Crippen molar-refractivity contribution in [2.24, 2.45) is 0 Å². The number of hydrogen-bond donors (Lipinski definition) is 1. The molecule has 2 rings (SSSR count). The highest BCUT2D eigenvalue weighted by Gasteiger charge is 2.32. The van der Waals surface area contributed by atoms with E-state index in [1.54, 1.807) is 0 Å². The highest BCUT2D eigenvalue weighted by Crippen LogP contribution is 2.22. The molecule has 0 spiro atoms. The first-order valence-corrected chi connectivity index (χ1v) is 6.91. The van der Waals surface area contributed by atoms with Gasteiger partial charge in [0.15, 0.2) is 6.10 Å². The molecule has 0 radical (unpaired) electrons. The van der Waals surface area contributed by atoms with Gasteiger partial charge in [-0.3, -0.25) is 0 Å². The zero-order valence-corrected chi connectivity index (χ0v) is 11.0. The van der Waals surface area contributed by atoms with Gasteiger partial charge in [0.25, 0.3) is 0 Å². The topological polar surface area (TPSA) is 59.0 Å². The summed E-state index contributed by atoms with van der Waals surface area (Å²) < 4.78 is 11.1. The zero-order valence-electron chi connectivity index (χ0n) is 11.0. The number of carbonyl (C=O) groups is 1. The van der Waals surface area contributed by atoms with Crippen molar-refractivity contribution in [1.29, 1.82) is 0 Å². The Hall–Kier alpha value is -0.650. The molecule has 5 nitrogen and oxygen atoms in total. The van der Waals surface area contributed by atoms with Crippen molar-refractivity contribution in [1.82, 2.24) is 4.90 Å². The predicted octanol–water partition coefficient (Wildman–Crippen LogP) is 1.12. The third-order valence-corrected chi connectivity index (χ3v) is 3.78. The zero-order chi connectivity index (χ0) is 13.0. The average Bonchev–Trinajstić information content (AvgIpc) is 2.81. The first-order valence-electron chi connectivity index (χ1n) is 6.91. The second-order valence-electron chi connectivity index (χ2n) is 5.12. The molecule has 0 aromatic rings. The first-order chi connectivity index (χ1) is 8.69. The number of hydrogen-bond acceptors (Lipinski definition) is 4.